The molecule has 108 valence electrons. The Morgan fingerprint density at radius 2 is 1.39 bits per heavy atom. The van der Waals surface area contributed by atoms with Crippen LogP contribution in [0.3, 0.4) is 0 Å². The van der Waals surface area contributed by atoms with E-state index in [1.165, 1.54) is 0 Å². The lowest BCUT2D eigenvalue weighted by Crippen LogP contribution is -2.20. The summed E-state index contributed by atoms with van der Waals surface area (Å²) in [5, 5.41) is 0. The van der Waals surface area contributed by atoms with Crippen molar-refractivity contribution in [2.75, 3.05) is 26.9 Å². The van der Waals surface area contributed by atoms with Gasteiger partial charge in [0.1, 0.15) is 0 Å². The summed E-state index contributed by atoms with van der Waals surface area (Å²) in [6.45, 7) is 2.60. The van der Waals surface area contributed by atoms with E-state index in [4.69, 9.17) is 0 Å². The molecule has 9 heteroatoms. The normalized spacial score (nSPS) is 9.67. The molecule has 0 aromatic carbocycles. The van der Waals surface area contributed by atoms with Gasteiger partial charge < -0.3 is 18.9 Å². The van der Waals surface area contributed by atoms with Crippen LogP contribution in [0.2, 0.25) is 0 Å². The minimum atomic E-state index is -4.49. The molecule has 0 atom stereocenters. The van der Waals surface area contributed by atoms with Gasteiger partial charge >= 0.3 is 18.5 Å². The number of ether oxygens (including phenoxy) is 4. The van der Waals surface area contributed by atoms with Crippen molar-refractivity contribution in [1.29, 1.82) is 0 Å². The van der Waals surface area contributed by atoms with Crippen LogP contribution >= 0.6 is 0 Å². The molecule has 0 saturated heterocycles. The number of methoxy groups -OCH3 is 1. The molecule has 0 heterocycles. The second-order valence-electron chi connectivity index (χ2n) is 2.47. The molecular formula is C9H15F3O6. The predicted molar refractivity (Wildman–Crippen MR) is 53.1 cm³/mol. The average Bonchev–Trinajstić information content (AvgIpc) is 2.26. The van der Waals surface area contributed by atoms with E-state index in [9.17, 15) is 22.8 Å². The predicted octanol–water partition coefficient (Wildman–Crippen LogP) is 2.51. The summed E-state index contributed by atoms with van der Waals surface area (Å²) < 4.78 is 49.9. The standard InChI is InChI=1S/C5H10O3.C4H5F3O3/c1-3-7-5(6)8-4-2;1-9-3(8)10-2-4(5,6)7/h3-4H2,1-2H3;2H2,1H3. The first-order valence-electron chi connectivity index (χ1n) is 4.83. The Labute approximate surface area is 102 Å². The summed E-state index contributed by atoms with van der Waals surface area (Å²) in [7, 11) is 0.929. The molecule has 0 aliphatic carbocycles. The van der Waals surface area contributed by atoms with E-state index in [1.54, 1.807) is 13.8 Å². The zero-order valence-corrected chi connectivity index (χ0v) is 10.2. The Kier molecular flexibility index (Phi) is 10.9. The molecule has 0 spiro atoms. The third-order valence-corrected chi connectivity index (χ3v) is 1.04. The van der Waals surface area contributed by atoms with Gasteiger partial charge in [-0.3, -0.25) is 0 Å². The lowest BCUT2D eigenvalue weighted by atomic mass is 10.7. The molecule has 0 rings (SSSR count). The average molecular weight is 276 g/mol. The molecule has 0 aromatic rings. The van der Waals surface area contributed by atoms with Gasteiger partial charge in [0.05, 0.1) is 20.3 Å². The second kappa shape index (κ2) is 10.5. The van der Waals surface area contributed by atoms with Crippen molar-refractivity contribution in [2.45, 2.75) is 20.0 Å². The summed E-state index contributed by atoms with van der Waals surface area (Å²) in [4.78, 5) is 20.1. The minimum absolute atomic E-state index is 0.374. The van der Waals surface area contributed by atoms with E-state index in [0.29, 0.717) is 13.2 Å². The Hall–Kier alpha value is -1.67. The van der Waals surface area contributed by atoms with E-state index in [0.717, 1.165) is 7.11 Å². The van der Waals surface area contributed by atoms with E-state index >= 15 is 0 Å². The Balaban J connectivity index is 0. The summed E-state index contributed by atoms with van der Waals surface area (Å²) in [5.74, 6) is 0. The number of alkyl halides is 3. The molecule has 0 aliphatic rings. The largest absolute Gasteiger partial charge is 0.508 e. The molecule has 0 radical (unpaired) electrons. The molecule has 0 unspecified atom stereocenters. The lowest BCUT2D eigenvalue weighted by molar-refractivity contribution is -0.164. The molecule has 0 aromatic heterocycles. The van der Waals surface area contributed by atoms with Gasteiger partial charge in [0, 0.05) is 0 Å². The quantitative estimate of drug-likeness (QED) is 0.737. The first-order chi connectivity index (χ1) is 8.26. The maximum absolute atomic E-state index is 11.2. The van der Waals surface area contributed by atoms with E-state index in [-0.39, 0.29) is 0 Å². The van der Waals surface area contributed by atoms with Crippen LogP contribution in [0.5, 0.6) is 0 Å². The smallest absolute Gasteiger partial charge is 0.438 e. The molecule has 6 nitrogen and oxygen atoms in total. The number of hydrogen-bond donors (Lipinski definition) is 0. The van der Waals surface area contributed by atoms with Crippen LogP contribution < -0.4 is 0 Å². The van der Waals surface area contributed by atoms with Crippen molar-refractivity contribution in [2.24, 2.45) is 0 Å². The summed E-state index contributed by atoms with van der Waals surface area (Å²) >= 11 is 0. The van der Waals surface area contributed by atoms with Crippen molar-refractivity contribution >= 4 is 12.3 Å². The van der Waals surface area contributed by atoms with Crippen molar-refractivity contribution in [1.82, 2.24) is 0 Å². The topological polar surface area (TPSA) is 71.1 Å². The van der Waals surface area contributed by atoms with Gasteiger partial charge in [-0.25, -0.2) is 9.59 Å². The molecule has 0 saturated carbocycles. The van der Waals surface area contributed by atoms with Crippen molar-refractivity contribution in [3.05, 3.63) is 0 Å². The van der Waals surface area contributed by atoms with Crippen LogP contribution in [-0.4, -0.2) is 45.4 Å². The summed E-state index contributed by atoms with van der Waals surface area (Å²) in [5.41, 5.74) is 0. The summed E-state index contributed by atoms with van der Waals surface area (Å²) in [6, 6.07) is 0. The molecule has 0 amide bonds. The molecular weight excluding hydrogens is 261 g/mol. The van der Waals surface area contributed by atoms with Gasteiger partial charge in [-0.2, -0.15) is 13.2 Å². The number of carbonyl (C=O) groups is 2. The lowest BCUT2D eigenvalue weighted by Gasteiger charge is -2.05. The first-order valence-corrected chi connectivity index (χ1v) is 4.83. The zero-order valence-electron chi connectivity index (χ0n) is 10.2. The maximum atomic E-state index is 11.2. The molecule has 0 bridgehead atoms. The van der Waals surface area contributed by atoms with Gasteiger partial charge in [0.15, 0.2) is 6.61 Å². The fourth-order valence-electron chi connectivity index (χ4n) is 0.477. The van der Waals surface area contributed by atoms with E-state index in [1.807, 2.05) is 0 Å². The Morgan fingerprint density at radius 3 is 1.67 bits per heavy atom. The van der Waals surface area contributed by atoms with Gasteiger partial charge in [0.25, 0.3) is 0 Å². The van der Waals surface area contributed by atoms with E-state index < -0.39 is 25.1 Å². The van der Waals surface area contributed by atoms with Crippen molar-refractivity contribution in [3.8, 4) is 0 Å². The van der Waals surface area contributed by atoms with Crippen LogP contribution in [0.15, 0.2) is 0 Å². The van der Waals surface area contributed by atoms with Gasteiger partial charge in [-0.15, -0.1) is 0 Å². The second-order valence-corrected chi connectivity index (χ2v) is 2.47. The highest BCUT2D eigenvalue weighted by Gasteiger charge is 2.29. The minimum Gasteiger partial charge on any atom is -0.438 e. The SMILES string of the molecule is CCOC(=O)OCC.COC(=O)OCC(F)(F)F. The monoisotopic (exact) mass is 276 g/mol. The first kappa shape index (κ1) is 18.7. The number of halogens is 3. The zero-order chi connectivity index (χ0) is 14.6. The maximum Gasteiger partial charge on any atom is 0.508 e. The van der Waals surface area contributed by atoms with Crippen LogP contribution in [0, 0.1) is 0 Å². The molecule has 18 heavy (non-hydrogen) atoms. The van der Waals surface area contributed by atoms with Crippen LogP contribution in [0.25, 0.3) is 0 Å². The fraction of sp³-hybridized carbons (Fsp3) is 0.778. The number of hydrogen-bond acceptors (Lipinski definition) is 6. The van der Waals surface area contributed by atoms with Crippen LogP contribution in [0.4, 0.5) is 22.8 Å². The van der Waals surface area contributed by atoms with Crippen molar-refractivity contribution in [3.63, 3.8) is 0 Å². The molecule has 0 fully saturated rings. The molecule has 0 N–H and O–H groups in total. The summed E-state index contributed by atoms with van der Waals surface area (Å²) in [6.07, 6.45) is -6.42. The van der Waals surface area contributed by atoms with Gasteiger partial charge in [0.2, 0.25) is 0 Å². The van der Waals surface area contributed by atoms with Crippen LogP contribution in [0.1, 0.15) is 13.8 Å². The van der Waals surface area contributed by atoms with Gasteiger partial charge in [-0.1, -0.05) is 0 Å². The third-order valence-electron chi connectivity index (χ3n) is 1.04. The van der Waals surface area contributed by atoms with Crippen molar-refractivity contribution < 1.29 is 41.7 Å². The highest BCUT2D eigenvalue weighted by molar-refractivity contribution is 5.59. The fourth-order valence-corrected chi connectivity index (χ4v) is 0.477. The number of carbonyl (C=O) groups excluding carboxylic acids is 2. The van der Waals surface area contributed by atoms with E-state index in [2.05, 4.69) is 18.9 Å². The van der Waals surface area contributed by atoms with Crippen LogP contribution in [-0.2, 0) is 18.9 Å². The highest BCUT2D eigenvalue weighted by atomic mass is 19.4. The third kappa shape index (κ3) is 16.7. The van der Waals surface area contributed by atoms with Gasteiger partial charge in [-0.05, 0) is 13.8 Å². The Bertz CT molecular complexity index is 233. The highest BCUT2D eigenvalue weighted by Crippen LogP contribution is 2.14. The Morgan fingerprint density at radius 1 is 0.944 bits per heavy atom. The number of rotatable bonds is 3. The molecule has 0 aliphatic heterocycles.